The predicted octanol–water partition coefficient (Wildman–Crippen LogP) is 1.71. The summed E-state index contributed by atoms with van der Waals surface area (Å²) in [6.07, 6.45) is 1.80. The van der Waals surface area contributed by atoms with E-state index < -0.39 is 0 Å². The van der Waals surface area contributed by atoms with Crippen LogP contribution >= 0.6 is 0 Å². The molecule has 0 aliphatic rings. The molecule has 1 heterocycles. The molecule has 1 N–H and O–H groups in total. The Kier molecular flexibility index (Phi) is 6.03. The van der Waals surface area contributed by atoms with Gasteiger partial charge in [0.2, 0.25) is 5.89 Å². The molecule has 5 heteroatoms. The molecule has 0 amide bonds. The first kappa shape index (κ1) is 13.1. The van der Waals surface area contributed by atoms with E-state index in [0.717, 1.165) is 19.6 Å². The molecule has 0 aliphatic heterocycles. The lowest BCUT2D eigenvalue weighted by Crippen LogP contribution is -2.19. The Morgan fingerprint density at radius 1 is 1.44 bits per heavy atom. The van der Waals surface area contributed by atoms with Crippen LogP contribution in [0.25, 0.3) is 0 Å². The molecule has 5 nitrogen and oxygen atoms in total. The summed E-state index contributed by atoms with van der Waals surface area (Å²) in [6.45, 7) is 8.44. The van der Waals surface area contributed by atoms with Crippen LogP contribution in [0.4, 0.5) is 0 Å². The molecule has 0 bridgehead atoms. The molecular weight excluding hydrogens is 206 g/mol. The normalized spacial score (nSPS) is 12.9. The molecule has 0 saturated heterocycles. The van der Waals surface area contributed by atoms with Crippen molar-refractivity contribution in [2.75, 3.05) is 19.8 Å². The van der Waals surface area contributed by atoms with Gasteiger partial charge in [-0.25, -0.2) is 0 Å². The van der Waals surface area contributed by atoms with Gasteiger partial charge in [0, 0.05) is 13.0 Å². The van der Waals surface area contributed by atoms with Gasteiger partial charge in [0.05, 0.1) is 12.6 Å². The molecule has 1 aromatic heterocycles. The zero-order chi connectivity index (χ0) is 11.8. The van der Waals surface area contributed by atoms with E-state index in [4.69, 9.17) is 9.26 Å². The quantitative estimate of drug-likeness (QED) is 0.685. The van der Waals surface area contributed by atoms with E-state index in [1.54, 1.807) is 0 Å². The van der Waals surface area contributed by atoms with Crippen molar-refractivity contribution < 1.29 is 9.26 Å². The van der Waals surface area contributed by atoms with Crippen LogP contribution in [0.5, 0.6) is 0 Å². The number of hydrogen-bond acceptors (Lipinski definition) is 5. The summed E-state index contributed by atoms with van der Waals surface area (Å²) in [4.78, 5) is 4.31. The number of aromatic nitrogens is 2. The highest BCUT2D eigenvalue weighted by atomic mass is 16.5. The van der Waals surface area contributed by atoms with Gasteiger partial charge in [-0.2, -0.15) is 4.98 Å². The highest BCUT2D eigenvalue weighted by Crippen LogP contribution is 2.09. The average molecular weight is 227 g/mol. The van der Waals surface area contributed by atoms with E-state index in [-0.39, 0.29) is 6.04 Å². The van der Waals surface area contributed by atoms with Crippen molar-refractivity contribution >= 4 is 0 Å². The summed E-state index contributed by atoms with van der Waals surface area (Å²) >= 11 is 0. The number of ether oxygens (including phenoxy) is 1. The predicted molar refractivity (Wildman–Crippen MR) is 61.2 cm³/mol. The van der Waals surface area contributed by atoms with Crippen LogP contribution in [-0.2, 0) is 11.2 Å². The second kappa shape index (κ2) is 7.35. The molecule has 1 rings (SSSR count). The Balaban J connectivity index is 2.37. The van der Waals surface area contributed by atoms with Crippen LogP contribution in [0.3, 0.4) is 0 Å². The summed E-state index contributed by atoms with van der Waals surface area (Å²) < 4.78 is 10.4. The molecule has 0 radical (unpaired) electrons. The van der Waals surface area contributed by atoms with Gasteiger partial charge in [-0.05, 0) is 26.8 Å². The van der Waals surface area contributed by atoms with Crippen LogP contribution in [0.15, 0.2) is 4.52 Å². The first-order valence-electron chi connectivity index (χ1n) is 5.91. The van der Waals surface area contributed by atoms with Crippen LogP contribution < -0.4 is 5.32 Å². The fourth-order valence-electron chi connectivity index (χ4n) is 1.30. The molecule has 0 fully saturated rings. The van der Waals surface area contributed by atoms with Crippen LogP contribution in [0.1, 0.15) is 44.9 Å². The maximum Gasteiger partial charge on any atom is 0.243 e. The first-order valence-corrected chi connectivity index (χ1v) is 5.91. The Bertz CT molecular complexity index is 289. The average Bonchev–Trinajstić information content (AvgIpc) is 2.75. The molecule has 1 unspecified atom stereocenters. The van der Waals surface area contributed by atoms with Crippen LogP contribution in [0, 0.1) is 0 Å². The van der Waals surface area contributed by atoms with Gasteiger partial charge in [0.1, 0.15) is 0 Å². The minimum absolute atomic E-state index is 0.119. The number of nitrogens with one attached hydrogen (secondary N) is 1. The van der Waals surface area contributed by atoms with Crippen molar-refractivity contribution in [3.63, 3.8) is 0 Å². The van der Waals surface area contributed by atoms with E-state index in [1.807, 2.05) is 13.8 Å². The molecule has 0 saturated carbocycles. The molecule has 0 aliphatic carbocycles. The third kappa shape index (κ3) is 4.28. The molecule has 1 aromatic rings. The van der Waals surface area contributed by atoms with Crippen molar-refractivity contribution in [1.82, 2.24) is 15.5 Å². The smallest absolute Gasteiger partial charge is 0.243 e. The first-order chi connectivity index (χ1) is 7.77. The van der Waals surface area contributed by atoms with Gasteiger partial charge < -0.3 is 14.6 Å². The molecule has 0 aromatic carbocycles. The zero-order valence-corrected chi connectivity index (χ0v) is 10.3. The Morgan fingerprint density at radius 3 is 2.94 bits per heavy atom. The largest absolute Gasteiger partial charge is 0.381 e. The standard InChI is InChI=1S/C11H21N3O2/c1-4-7-12-9(3)11-13-10(14-16-11)6-8-15-5-2/h9,12H,4-8H2,1-3H3. The molecule has 92 valence electrons. The fraction of sp³-hybridized carbons (Fsp3) is 0.818. The summed E-state index contributed by atoms with van der Waals surface area (Å²) in [5.41, 5.74) is 0. The fourth-order valence-corrected chi connectivity index (χ4v) is 1.30. The number of hydrogen-bond donors (Lipinski definition) is 1. The molecular formula is C11H21N3O2. The highest BCUT2D eigenvalue weighted by Gasteiger charge is 2.12. The summed E-state index contributed by atoms with van der Waals surface area (Å²) in [6, 6.07) is 0.119. The lowest BCUT2D eigenvalue weighted by Gasteiger charge is -2.06. The Labute approximate surface area is 96.6 Å². The number of rotatable bonds is 8. The second-order valence-electron chi connectivity index (χ2n) is 3.67. The van der Waals surface area contributed by atoms with E-state index >= 15 is 0 Å². The lowest BCUT2D eigenvalue weighted by molar-refractivity contribution is 0.149. The van der Waals surface area contributed by atoms with Gasteiger partial charge in [-0.15, -0.1) is 0 Å². The molecule has 1 atom stereocenters. The van der Waals surface area contributed by atoms with Crippen LogP contribution in [0.2, 0.25) is 0 Å². The highest BCUT2D eigenvalue weighted by molar-refractivity contribution is 4.91. The summed E-state index contributed by atoms with van der Waals surface area (Å²) in [5.74, 6) is 1.37. The van der Waals surface area contributed by atoms with E-state index in [9.17, 15) is 0 Å². The van der Waals surface area contributed by atoms with Crippen molar-refractivity contribution in [2.45, 2.75) is 39.7 Å². The van der Waals surface area contributed by atoms with E-state index in [2.05, 4.69) is 22.4 Å². The molecule has 16 heavy (non-hydrogen) atoms. The van der Waals surface area contributed by atoms with E-state index in [1.165, 1.54) is 0 Å². The van der Waals surface area contributed by atoms with Crippen molar-refractivity contribution in [3.8, 4) is 0 Å². The minimum atomic E-state index is 0.119. The van der Waals surface area contributed by atoms with Gasteiger partial charge >= 0.3 is 0 Å². The van der Waals surface area contributed by atoms with E-state index in [0.29, 0.717) is 24.7 Å². The van der Waals surface area contributed by atoms with Gasteiger partial charge in [-0.3, -0.25) is 0 Å². The van der Waals surface area contributed by atoms with Gasteiger partial charge in [0.15, 0.2) is 5.82 Å². The third-order valence-corrected chi connectivity index (χ3v) is 2.23. The van der Waals surface area contributed by atoms with Crippen LogP contribution in [-0.4, -0.2) is 29.9 Å². The maximum absolute atomic E-state index is 5.23. The van der Waals surface area contributed by atoms with Crippen molar-refractivity contribution in [2.24, 2.45) is 0 Å². The number of nitrogens with zero attached hydrogens (tertiary/aromatic N) is 2. The summed E-state index contributed by atoms with van der Waals surface area (Å²) in [5, 5.41) is 7.21. The lowest BCUT2D eigenvalue weighted by atomic mass is 10.3. The topological polar surface area (TPSA) is 60.2 Å². The van der Waals surface area contributed by atoms with Gasteiger partial charge in [-0.1, -0.05) is 12.1 Å². The summed E-state index contributed by atoms with van der Waals surface area (Å²) in [7, 11) is 0. The van der Waals surface area contributed by atoms with Gasteiger partial charge in [0.25, 0.3) is 0 Å². The maximum atomic E-state index is 5.23. The second-order valence-corrected chi connectivity index (χ2v) is 3.67. The SMILES string of the molecule is CCCNC(C)c1nc(CCOCC)no1. The van der Waals surface area contributed by atoms with Crippen molar-refractivity contribution in [3.05, 3.63) is 11.7 Å². The monoisotopic (exact) mass is 227 g/mol. The molecule has 0 spiro atoms. The third-order valence-electron chi connectivity index (χ3n) is 2.23. The Morgan fingerprint density at radius 2 is 2.25 bits per heavy atom. The Hall–Kier alpha value is -0.940. The van der Waals surface area contributed by atoms with Crippen molar-refractivity contribution in [1.29, 1.82) is 0 Å². The minimum Gasteiger partial charge on any atom is -0.381 e. The zero-order valence-electron chi connectivity index (χ0n) is 10.3.